The summed E-state index contributed by atoms with van der Waals surface area (Å²) in [5, 5.41) is 7.23. The highest BCUT2D eigenvalue weighted by atomic mass is 14.9. The Balaban J connectivity index is 1.14. The van der Waals surface area contributed by atoms with Gasteiger partial charge in [0.1, 0.15) is 0 Å². The fourth-order valence-corrected chi connectivity index (χ4v) is 4.26. The number of hydrogen-bond acceptors (Lipinski definition) is 2. The molecule has 3 aromatic rings. The Labute approximate surface area is 179 Å². The molecule has 0 spiro atoms. The van der Waals surface area contributed by atoms with E-state index in [-0.39, 0.29) is 0 Å². The van der Waals surface area contributed by atoms with Crippen molar-refractivity contribution >= 4 is 11.4 Å². The predicted molar refractivity (Wildman–Crippen MR) is 126 cm³/mol. The van der Waals surface area contributed by atoms with Gasteiger partial charge in [0, 0.05) is 34.6 Å². The fourth-order valence-electron chi connectivity index (χ4n) is 4.26. The van der Waals surface area contributed by atoms with E-state index in [1.165, 1.54) is 22.5 Å². The summed E-state index contributed by atoms with van der Waals surface area (Å²) in [6, 6.07) is 30.2. The van der Waals surface area contributed by atoms with Gasteiger partial charge in [-0.05, 0) is 61.1 Å². The first kappa shape index (κ1) is 18.7. The molecular weight excluding hydrogens is 364 g/mol. The van der Waals surface area contributed by atoms with Crippen molar-refractivity contribution in [3.8, 4) is 0 Å². The largest absolute Gasteiger partial charge is 0.359 e. The van der Waals surface area contributed by atoms with Crippen molar-refractivity contribution in [1.82, 2.24) is 0 Å². The summed E-state index contributed by atoms with van der Waals surface area (Å²) in [5.74, 6) is 1.20. The van der Waals surface area contributed by atoms with E-state index in [2.05, 4.69) is 108 Å². The van der Waals surface area contributed by atoms with Crippen LogP contribution in [0.25, 0.3) is 0 Å². The first-order valence-electron chi connectivity index (χ1n) is 11.0. The van der Waals surface area contributed by atoms with E-state index in [1.807, 2.05) is 0 Å². The summed E-state index contributed by atoms with van der Waals surface area (Å²) in [7, 11) is 0. The first-order chi connectivity index (χ1) is 14.8. The minimum Gasteiger partial charge on any atom is -0.359 e. The number of hydrogen-bond donors (Lipinski definition) is 2. The molecule has 2 nitrogen and oxygen atoms in total. The third-order valence-electron chi connectivity index (χ3n) is 6.24. The summed E-state index contributed by atoms with van der Waals surface area (Å²) >= 11 is 0. The Hall–Kier alpha value is -3.26. The van der Waals surface area contributed by atoms with E-state index in [0.717, 1.165) is 37.1 Å². The second-order valence-electron chi connectivity index (χ2n) is 8.39. The van der Waals surface area contributed by atoms with Gasteiger partial charge in [0.25, 0.3) is 0 Å². The zero-order valence-corrected chi connectivity index (χ0v) is 17.2. The van der Waals surface area contributed by atoms with Crippen molar-refractivity contribution in [1.29, 1.82) is 0 Å². The van der Waals surface area contributed by atoms with E-state index in [4.69, 9.17) is 0 Å². The minimum atomic E-state index is 0.601. The van der Waals surface area contributed by atoms with Crippen LogP contribution in [0, 0.1) is 11.8 Å². The average Bonchev–Trinajstić information content (AvgIpc) is 2.79. The maximum Gasteiger partial charge on any atom is 0.0383 e. The lowest BCUT2D eigenvalue weighted by atomic mass is 9.84. The van der Waals surface area contributed by atoms with Gasteiger partial charge < -0.3 is 10.6 Å². The van der Waals surface area contributed by atoms with Crippen molar-refractivity contribution in [3.63, 3.8) is 0 Å². The van der Waals surface area contributed by atoms with Crippen molar-refractivity contribution in [2.24, 2.45) is 11.8 Å². The molecule has 0 aromatic heterocycles. The van der Waals surface area contributed by atoms with E-state index in [9.17, 15) is 0 Å². The molecule has 3 aromatic carbocycles. The van der Waals surface area contributed by atoms with Gasteiger partial charge in [-0.15, -0.1) is 0 Å². The van der Waals surface area contributed by atoms with Crippen LogP contribution in [0.3, 0.4) is 0 Å². The first-order valence-corrected chi connectivity index (χ1v) is 11.0. The Kier molecular flexibility index (Phi) is 5.39. The number of benzene rings is 3. The molecule has 2 unspecified atom stereocenters. The van der Waals surface area contributed by atoms with Gasteiger partial charge in [0.15, 0.2) is 0 Å². The van der Waals surface area contributed by atoms with Crippen LogP contribution in [-0.4, -0.2) is 0 Å². The average molecular weight is 393 g/mol. The molecule has 0 aliphatic heterocycles. The SMILES string of the molecule is C1=C(Nc2ccc(NC3=CCC3Cc3ccccc3)cc2)C(Cc2ccccc2)C1. The molecule has 0 amide bonds. The fraction of sp³-hybridized carbons (Fsp3) is 0.214. The van der Waals surface area contributed by atoms with Crippen molar-refractivity contribution in [3.05, 3.63) is 120 Å². The molecule has 2 aliphatic rings. The summed E-state index contributed by atoms with van der Waals surface area (Å²) in [6.07, 6.45) is 9.16. The van der Waals surface area contributed by atoms with E-state index in [1.54, 1.807) is 0 Å². The third kappa shape index (κ3) is 4.33. The van der Waals surface area contributed by atoms with Crippen LogP contribution >= 0.6 is 0 Å². The zero-order chi connectivity index (χ0) is 20.2. The van der Waals surface area contributed by atoms with Crippen LogP contribution in [0.5, 0.6) is 0 Å². The topological polar surface area (TPSA) is 24.1 Å². The Morgan fingerprint density at radius 1 is 0.533 bits per heavy atom. The van der Waals surface area contributed by atoms with Crippen molar-refractivity contribution in [2.45, 2.75) is 25.7 Å². The Bertz CT molecular complexity index is 947. The summed E-state index contributed by atoms with van der Waals surface area (Å²) in [6.45, 7) is 0. The second kappa shape index (κ2) is 8.62. The quantitative estimate of drug-likeness (QED) is 0.440. The molecular formula is C28H28N2. The molecule has 5 rings (SSSR count). The molecule has 30 heavy (non-hydrogen) atoms. The molecule has 2 N–H and O–H groups in total. The van der Waals surface area contributed by atoms with Gasteiger partial charge in [0.05, 0.1) is 0 Å². The highest BCUT2D eigenvalue weighted by Gasteiger charge is 2.23. The van der Waals surface area contributed by atoms with Crippen LogP contribution in [0.2, 0.25) is 0 Å². The maximum atomic E-state index is 3.62. The third-order valence-corrected chi connectivity index (χ3v) is 6.24. The highest BCUT2D eigenvalue weighted by molar-refractivity contribution is 5.59. The number of nitrogens with one attached hydrogen (secondary N) is 2. The monoisotopic (exact) mass is 392 g/mol. The minimum absolute atomic E-state index is 0.601. The lowest BCUT2D eigenvalue weighted by molar-refractivity contribution is 0.564. The Morgan fingerprint density at radius 3 is 1.27 bits per heavy atom. The lowest BCUT2D eigenvalue weighted by Gasteiger charge is -2.29. The summed E-state index contributed by atoms with van der Waals surface area (Å²) < 4.78 is 0. The Morgan fingerprint density at radius 2 is 0.933 bits per heavy atom. The van der Waals surface area contributed by atoms with Gasteiger partial charge in [-0.25, -0.2) is 0 Å². The molecule has 150 valence electrons. The van der Waals surface area contributed by atoms with Gasteiger partial charge in [-0.3, -0.25) is 0 Å². The van der Waals surface area contributed by atoms with Gasteiger partial charge in [0.2, 0.25) is 0 Å². The number of anilines is 2. The molecule has 0 bridgehead atoms. The van der Waals surface area contributed by atoms with E-state index in [0.29, 0.717) is 11.8 Å². The second-order valence-corrected chi connectivity index (χ2v) is 8.39. The van der Waals surface area contributed by atoms with E-state index < -0.39 is 0 Å². The van der Waals surface area contributed by atoms with E-state index >= 15 is 0 Å². The maximum absolute atomic E-state index is 3.62. The summed E-state index contributed by atoms with van der Waals surface area (Å²) in [5.41, 5.74) is 7.84. The molecule has 0 saturated carbocycles. The van der Waals surface area contributed by atoms with Crippen molar-refractivity contribution in [2.75, 3.05) is 10.6 Å². The molecule has 2 heteroatoms. The summed E-state index contributed by atoms with van der Waals surface area (Å²) in [4.78, 5) is 0. The normalized spacial score (nSPS) is 19.7. The van der Waals surface area contributed by atoms with Crippen LogP contribution in [-0.2, 0) is 12.8 Å². The zero-order valence-electron chi connectivity index (χ0n) is 17.2. The van der Waals surface area contributed by atoms with Crippen molar-refractivity contribution < 1.29 is 0 Å². The number of allylic oxidation sites excluding steroid dienone is 4. The molecule has 2 atom stereocenters. The van der Waals surface area contributed by atoms with Crippen LogP contribution in [0.4, 0.5) is 11.4 Å². The smallest absolute Gasteiger partial charge is 0.0383 e. The molecule has 2 aliphatic carbocycles. The standard InChI is InChI=1S/C28H28N2/c1-3-7-21(8-4-1)19-23-11-17-27(23)29-25-13-15-26(16-14-25)30-28-18-12-24(28)20-22-9-5-2-6-10-22/h1-10,13-18,23-24,29-30H,11-12,19-20H2. The molecule has 0 saturated heterocycles. The van der Waals surface area contributed by atoms with Crippen LogP contribution in [0.15, 0.2) is 108 Å². The predicted octanol–water partition coefficient (Wildman–Crippen LogP) is 6.80. The van der Waals surface area contributed by atoms with Crippen LogP contribution < -0.4 is 10.6 Å². The van der Waals surface area contributed by atoms with Crippen LogP contribution in [0.1, 0.15) is 24.0 Å². The molecule has 0 radical (unpaired) electrons. The van der Waals surface area contributed by atoms with Gasteiger partial charge in [-0.2, -0.15) is 0 Å². The number of rotatable bonds is 8. The highest BCUT2D eigenvalue weighted by Crippen LogP contribution is 2.33. The van der Waals surface area contributed by atoms with Gasteiger partial charge >= 0.3 is 0 Å². The molecule has 0 fully saturated rings. The van der Waals surface area contributed by atoms with Gasteiger partial charge in [-0.1, -0.05) is 72.8 Å². The molecule has 0 heterocycles. The lowest BCUT2D eigenvalue weighted by Crippen LogP contribution is -2.22.